The lowest BCUT2D eigenvalue weighted by molar-refractivity contribution is 0.0691. The fourth-order valence-electron chi connectivity index (χ4n) is 1.78. The number of hydrogen-bond donors (Lipinski definition) is 3. The molecule has 0 atom stereocenters. The molecule has 1 heterocycles. The van der Waals surface area contributed by atoms with E-state index in [9.17, 15) is 22.0 Å². The van der Waals surface area contributed by atoms with Crippen LogP contribution >= 0.6 is 12.6 Å². The second kappa shape index (κ2) is 6.61. The van der Waals surface area contributed by atoms with Gasteiger partial charge in [0, 0.05) is 17.2 Å². The summed E-state index contributed by atoms with van der Waals surface area (Å²) in [5, 5.41) is 8.84. The smallest absolute Gasteiger partial charge is 0.338 e. The molecule has 7 nitrogen and oxygen atoms in total. The molecule has 24 heavy (non-hydrogen) atoms. The zero-order chi connectivity index (χ0) is 18.1. The van der Waals surface area contributed by atoms with Crippen LogP contribution < -0.4 is 9.46 Å². The van der Waals surface area contributed by atoms with Gasteiger partial charge in [-0.25, -0.2) is 27.0 Å². The van der Waals surface area contributed by atoms with Crippen LogP contribution in [0, 0.1) is 11.6 Å². The van der Waals surface area contributed by atoms with Crippen LogP contribution in [0.5, 0.6) is 5.88 Å². The van der Waals surface area contributed by atoms with Crippen molar-refractivity contribution in [3.8, 4) is 5.88 Å². The Bertz CT molecular complexity index is 919. The van der Waals surface area contributed by atoms with Crippen LogP contribution in [0.1, 0.15) is 10.4 Å². The number of anilines is 1. The standard InChI is InChI=1S/C13H10F2N2O5S2/c1-22-12-10(2-6(23)5-16-12)17-24(20,21)11-3-7(13(18)19)8(14)4-9(11)15/h2-5,17,23H,1H3,(H,18,19). The van der Waals surface area contributed by atoms with Crippen molar-refractivity contribution in [2.24, 2.45) is 0 Å². The van der Waals surface area contributed by atoms with Crippen molar-refractivity contribution in [3.05, 3.63) is 41.6 Å². The van der Waals surface area contributed by atoms with Crippen LogP contribution in [0.25, 0.3) is 0 Å². The molecule has 0 amide bonds. The maximum Gasteiger partial charge on any atom is 0.338 e. The maximum absolute atomic E-state index is 13.8. The zero-order valence-corrected chi connectivity index (χ0v) is 13.7. The number of aromatic nitrogens is 1. The van der Waals surface area contributed by atoms with Crippen LogP contribution in [-0.2, 0) is 10.0 Å². The van der Waals surface area contributed by atoms with Gasteiger partial charge in [-0.15, -0.1) is 12.6 Å². The first-order valence-corrected chi connectivity index (χ1v) is 8.07. The minimum absolute atomic E-state index is 0.114. The van der Waals surface area contributed by atoms with E-state index in [0.29, 0.717) is 11.0 Å². The van der Waals surface area contributed by atoms with Crippen LogP contribution in [-0.4, -0.2) is 31.6 Å². The first-order chi connectivity index (χ1) is 11.2. The average Bonchev–Trinajstić information content (AvgIpc) is 2.46. The van der Waals surface area contributed by atoms with Gasteiger partial charge >= 0.3 is 5.97 Å². The number of nitrogens with one attached hydrogen (secondary N) is 1. The Morgan fingerprint density at radius 1 is 1.29 bits per heavy atom. The lowest BCUT2D eigenvalue weighted by atomic mass is 10.2. The van der Waals surface area contributed by atoms with E-state index in [1.54, 1.807) is 0 Å². The molecule has 2 rings (SSSR count). The van der Waals surface area contributed by atoms with Crippen molar-refractivity contribution in [2.45, 2.75) is 9.79 Å². The number of pyridine rings is 1. The molecular formula is C13H10F2N2O5S2. The summed E-state index contributed by atoms with van der Waals surface area (Å²) >= 11 is 4.00. The predicted molar refractivity (Wildman–Crippen MR) is 82.2 cm³/mol. The van der Waals surface area contributed by atoms with E-state index < -0.39 is 38.1 Å². The minimum Gasteiger partial charge on any atom is -0.479 e. The van der Waals surface area contributed by atoms with Crippen LogP contribution in [0.4, 0.5) is 14.5 Å². The molecule has 0 spiro atoms. The van der Waals surface area contributed by atoms with E-state index in [2.05, 4.69) is 17.6 Å². The summed E-state index contributed by atoms with van der Waals surface area (Å²) < 4.78 is 58.7. The Labute approximate surface area is 140 Å². The molecule has 0 fully saturated rings. The summed E-state index contributed by atoms with van der Waals surface area (Å²) in [4.78, 5) is 13.9. The highest BCUT2D eigenvalue weighted by Crippen LogP contribution is 2.28. The number of rotatable bonds is 5. The molecule has 2 aromatic rings. The highest BCUT2D eigenvalue weighted by molar-refractivity contribution is 7.92. The summed E-state index contributed by atoms with van der Waals surface area (Å²) in [6.07, 6.45) is 1.29. The van der Waals surface area contributed by atoms with E-state index in [1.807, 2.05) is 4.72 Å². The van der Waals surface area contributed by atoms with Crippen molar-refractivity contribution in [1.82, 2.24) is 4.98 Å². The molecule has 0 aliphatic rings. The molecule has 1 aromatic heterocycles. The number of carboxylic acids is 1. The largest absolute Gasteiger partial charge is 0.479 e. The van der Waals surface area contributed by atoms with Crippen LogP contribution in [0.2, 0.25) is 0 Å². The third-order valence-corrected chi connectivity index (χ3v) is 4.44. The second-order valence-corrected chi connectivity index (χ2v) is 6.59. The number of methoxy groups -OCH3 is 1. The Kier molecular flexibility index (Phi) is 4.94. The normalized spacial score (nSPS) is 11.2. The molecular weight excluding hydrogens is 366 g/mol. The maximum atomic E-state index is 13.8. The molecule has 0 saturated carbocycles. The summed E-state index contributed by atoms with van der Waals surface area (Å²) in [5.41, 5.74) is -1.13. The Morgan fingerprint density at radius 2 is 1.96 bits per heavy atom. The van der Waals surface area contributed by atoms with Gasteiger partial charge < -0.3 is 9.84 Å². The summed E-state index contributed by atoms with van der Waals surface area (Å²) in [5.74, 6) is -4.69. The zero-order valence-electron chi connectivity index (χ0n) is 11.9. The number of benzene rings is 1. The molecule has 128 valence electrons. The van der Waals surface area contributed by atoms with Gasteiger partial charge in [-0.3, -0.25) is 4.72 Å². The minimum atomic E-state index is -4.58. The first-order valence-electron chi connectivity index (χ1n) is 6.14. The van der Waals surface area contributed by atoms with Gasteiger partial charge in [-0.1, -0.05) is 0 Å². The van der Waals surface area contributed by atoms with Crippen LogP contribution in [0.15, 0.2) is 34.2 Å². The molecule has 0 saturated heterocycles. The molecule has 0 radical (unpaired) electrons. The van der Waals surface area contributed by atoms with Gasteiger partial charge in [0.05, 0.1) is 12.7 Å². The van der Waals surface area contributed by atoms with Crippen molar-refractivity contribution in [2.75, 3.05) is 11.8 Å². The van der Waals surface area contributed by atoms with E-state index in [-0.39, 0.29) is 17.6 Å². The summed E-state index contributed by atoms with van der Waals surface area (Å²) in [7, 11) is -3.34. The number of halogens is 2. The van der Waals surface area contributed by atoms with Gasteiger partial charge in [-0.05, 0) is 12.1 Å². The van der Waals surface area contributed by atoms with Gasteiger partial charge in [0.25, 0.3) is 10.0 Å². The molecule has 2 N–H and O–H groups in total. The topological polar surface area (TPSA) is 106 Å². The van der Waals surface area contributed by atoms with E-state index in [4.69, 9.17) is 9.84 Å². The monoisotopic (exact) mass is 376 g/mol. The third-order valence-electron chi connectivity index (χ3n) is 2.82. The van der Waals surface area contributed by atoms with Crippen LogP contribution in [0.3, 0.4) is 0 Å². The molecule has 11 heteroatoms. The fourth-order valence-corrected chi connectivity index (χ4v) is 3.10. The van der Waals surface area contributed by atoms with Crippen molar-refractivity contribution in [1.29, 1.82) is 0 Å². The van der Waals surface area contributed by atoms with E-state index >= 15 is 0 Å². The van der Waals surface area contributed by atoms with Crippen molar-refractivity contribution >= 4 is 34.3 Å². The number of hydrogen-bond acceptors (Lipinski definition) is 6. The first kappa shape index (κ1) is 17.9. The molecule has 1 aromatic carbocycles. The van der Waals surface area contributed by atoms with Gasteiger partial charge in [-0.2, -0.15) is 0 Å². The van der Waals surface area contributed by atoms with Crippen molar-refractivity contribution < 1.29 is 31.8 Å². The lowest BCUT2D eigenvalue weighted by Crippen LogP contribution is -2.17. The third kappa shape index (κ3) is 3.57. The van der Waals surface area contributed by atoms with Gasteiger partial charge in [0.15, 0.2) is 0 Å². The average molecular weight is 376 g/mol. The van der Waals surface area contributed by atoms with Gasteiger partial charge in [0.2, 0.25) is 5.88 Å². The molecule has 0 bridgehead atoms. The van der Waals surface area contributed by atoms with E-state index in [1.165, 1.54) is 19.4 Å². The van der Waals surface area contributed by atoms with E-state index in [0.717, 1.165) is 0 Å². The summed E-state index contributed by atoms with van der Waals surface area (Å²) in [6.45, 7) is 0. The Hall–Kier alpha value is -2.40. The lowest BCUT2D eigenvalue weighted by Gasteiger charge is -2.12. The highest BCUT2D eigenvalue weighted by atomic mass is 32.2. The Morgan fingerprint density at radius 3 is 2.54 bits per heavy atom. The van der Waals surface area contributed by atoms with Gasteiger partial charge in [0.1, 0.15) is 22.2 Å². The number of nitrogens with zero attached hydrogens (tertiary/aromatic N) is 1. The Balaban J connectivity index is 2.54. The number of carboxylic acid groups (broad SMARTS) is 1. The number of carbonyl (C=O) groups is 1. The summed E-state index contributed by atoms with van der Waals surface area (Å²) in [6, 6.07) is 1.83. The van der Waals surface area contributed by atoms with Crippen molar-refractivity contribution in [3.63, 3.8) is 0 Å². The highest BCUT2D eigenvalue weighted by Gasteiger charge is 2.25. The molecule has 0 unspecified atom stereocenters. The number of thiol groups is 1. The number of sulfonamides is 1. The molecule has 0 aliphatic carbocycles. The predicted octanol–water partition coefficient (Wildman–Crippen LogP) is 2.16. The number of ether oxygens (including phenoxy) is 1. The number of aromatic carboxylic acids is 1. The molecule has 0 aliphatic heterocycles. The SMILES string of the molecule is COc1ncc(S)cc1NS(=O)(=O)c1cc(C(=O)O)c(F)cc1F. The quantitative estimate of drug-likeness (QED) is 0.691. The fraction of sp³-hybridized carbons (Fsp3) is 0.0769. The second-order valence-electron chi connectivity index (χ2n) is 4.42.